The molecule has 1 atom stereocenters. The number of nitrogens with two attached hydrogens (primary N) is 1. The molecular formula is C14H22N2O3S2. The highest BCUT2D eigenvalue weighted by Gasteiger charge is 2.28. The Hall–Kier alpha value is -0.920. The van der Waals surface area contributed by atoms with Crippen molar-refractivity contribution in [1.29, 1.82) is 0 Å². The largest absolute Gasteiger partial charge is 0.492 e. The van der Waals surface area contributed by atoms with E-state index in [0.29, 0.717) is 29.8 Å². The lowest BCUT2D eigenvalue weighted by Gasteiger charge is -2.31. The molecule has 0 saturated carbocycles. The number of sulfonamides is 1. The van der Waals surface area contributed by atoms with Crippen molar-refractivity contribution in [2.75, 3.05) is 36.9 Å². The lowest BCUT2D eigenvalue weighted by Crippen LogP contribution is -2.43. The van der Waals surface area contributed by atoms with Gasteiger partial charge in [-0.3, -0.25) is 0 Å². The van der Waals surface area contributed by atoms with Crippen LogP contribution in [-0.2, 0) is 10.0 Å². The van der Waals surface area contributed by atoms with Crippen LogP contribution < -0.4 is 10.5 Å². The first kappa shape index (κ1) is 16.5. The second-order valence-corrected chi connectivity index (χ2v) is 8.49. The van der Waals surface area contributed by atoms with Gasteiger partial charge in [-0.1, -0.05) is 13.0 Å². The van der Waals surface area contributed by atoms with Crippen LogP contribution in [-0.4, -0.2) is 49.2 Å². The smallest absolute Gasteiger partial charge is 0.217 e. The number of benzene rings is 1. The molecule has 1 unspecified atom stereocenters. The zero-order valence-electron chi connectivity index (χ0n) is 12.2. The summed E-state index contributed by atoms with van der Waals surface area (Å²) in [7, 11) is -3.24. The van der Waals surface area contributed by atoms with Crippen LogP contribution in [0.5, 0.6) is 5.75 Å². The maximum Gasteiger partial charge on any atom is 0.217 e. The van der Waals surface area contributed by atoms with E-state index >= 15 is 0 Å². The van der Waals surface area contributed by atoms with Gasteiger partial charge in [-0.05, 0) is 18.6 Å². The lowest BCUT2D eigenvalue weighted by atomic mass is 10.3. The van der Waals surface area contributed by atoms with Gasteiger partial charge in [0.1, 0.15) is 12.4 Å². The Labute approximate surface area is 130 Å². The number of rotatable bonds is 6. The van der Waals surface area contributed by atoms with Gasteiger partial charge in [-0.25, -0.2) is 8.42 Å². The molecule has 7 heteroatoms. The Morgan fingerprint density at radius 2 is 2.29 bits per heavy atom. The minimum atomic E-state index is -3.24. The molecule has 118 valence electrons. The van der Waals surface area contributed by atoms with Crippen molar-refractivity contribution >= 4 is 27.5 Å². The average Bonchev–Trinajstić information content (AvgIpc) is 2.47. The fraction of sp³-hybridized carbons (Fsp3) is 0.571. The summed E-state index contributed by atoms with van der Waals surface area (Å²) in [6, 6.07) is 7.01. The molecule has 1 aromatic carbocycles. The van der Waals surface area contributed by atoms with Crippen LogP contribution in [0.1, 0.15) is 13.3 Å². The number of anilines is 1. The van der Waals surface area contributed by atoms with Crippen LogP contribution in [0.2, 0.25) is 0 Å². The number of ether oxygens (including phenoxy) is 1. The Morgan fingerprint density at radius 1 is 1.48 bits per heavy atom. The quantitative estimate of drug-likeness (QED) is 0.805. The molecule has 1 heterocycles. The maximum absolute atomic E-state index is 12.3. The fourth-order valence-electron chi connectivity index (χ4n) is 2.19. The molecule has 1 aromatic rings. The van der Waals surface area contributed by atoms with Gasteiger partial charge in [-0.15, -0.1) is 0 Å². The van der Waals surface area contributed by atoms with Crippen molar-refractivity contribution in [3.8, 4) is 5.75 Å². The monoisotopic (exact) mass is 330 g/mol. The van der Waals surface area contributed by atoms with Gasteiger partial charge in [0.15, 0.2) is 0 Å². The summed E-state index contributed by atoms with van der Waals surface area (Å²) >= 11 is 1.85. The van der Waals surface area contributed by atoms with Crippen LogP contribution >= 0.6 is 11.8 Å². The van der Waals surface area contributed by atoms with Gasteiger partial charge in [0.2, 0.25) is 10.0 Å². The van der Waals surface area contributed by atoms with Crippen molar-refractivity contribution in [3.63, 3.8) is 0 Å². The van der Waals surface area contributed by atoms with Gasteiger partial charge in [-0.2, -0.15) is 16.1 Å². The number of thioether (sulfide) groups is 1. The molecule has 1 fully saturated rings. The molecule has 0 amide bonds. The van der Waals surface area contributed by atoms with E-state index in [9.17, 15) is 8.42 Å². The van der Waals surface area contributed by atoms with Crippen molar-refractivity contribution in [3.05, 3.63) is 24.3 Å². The third-order valence-corrected chi connectivity index (χ3v) is 6.59. The maximum atomic E-state index is 12.3. The van der Waals surface area contributed by atoms with Crippen molar-refractivity contribution in [2.24, 2.45) is 0 Å². The second kappa shape index (κ2) is 7.38. The minimum absolute atomic E-state index is 0.00288. The average molecular weight is 330 g/mol. The topological polar surface area (TPSA) is 72.6 Å². The highest BCUT2D eigenvalue weighted by atomic mass is 32.2. The van der Waals surface area contributed by atoms with Crippen molar-refractivity contribution in [2.45, 2.75) is 18.6 Å². The Kier molecular flexibility index (Phi) is 5.78. The highest BCUT2D eigenvalue weighted by Crippen LogP contribution is 2.23. The van der Waals surface area contributed by atoms with Gasteiger partial charge in [0.25, 0.3) is 0 Å². The Morgan fingerprint density at radius 3 is 3.00 bits per heavy atom. The van der Waals surface area contributed by atoms with Crippen LogP contribution in [0, 0.1) is 0 Å². The molecule has 0 radical (unpaired) electrons. The Balaban J connectivity index is 1.86. The lowest BCUT2D eigenvalue weighted by molar-refractivity contribution is 0.334. The summed E-state index contributed by atoms with van der Waals surface area (Å²) in [5.41, 5.74) is 6.26. The molecule has 0 aliphatic carbocycles. The van der Waals surface area contributed by atoms with Gasteiger partial charge < -0.3 is 10.5 Å². The van der Waals surface area contributed by atoms with Gasteiger partial charge in [0, 0.05) is 35.8 Å². The van der Waals surface area contributed by atoms with Crippen molar-refractivity contribution < 1.29 is 13.2 Å². The van der Waals surface area contributed by atoms with Crippen molar-refractivity contribution in [1.82, 2.24) is 4.31 Å². The summed E-state index contributed by atoms with van der Waals surface area (Å²) in [6.07, 6.45) is 0.997. The molecule has 0 bridgehead atoms. The highest BCUT2D eigenvalue weighted by molar-refractivity contribution is 8.00. The van der Waals surface area contributed by atoms with E-state index in [1.807, 2.05) is 11.8 Å². The van der Waals surface area contributed by atoms with E-state index in [1.165, 1.54) is 0 Å². The number of hydrogen-bond acceptors (Lipinski definition) is 5. The van der Waals surface area contributed by atoms with E-state index in [1.54, 1.807) is 28.6 Å². The summed E-state index contributed by atoms with van der Waals surface area (Å²) in [4.78, 5) is 0. The van der Waals surface area contributed by atoms with E-state index in [0.717, 1.165) is 12.2 Å². The van der Waals surface area contributed by atoms with Crippen LogP contribution in [0.4, 0.5) is 5.69 Å². The fourth-order valence-corrected chi connectivity index (χ4v) is 4.91. The van der Waals surface area contributed by atoms with E-state index in [4.69, 9.17) is 10.5 Å². The number of hydrogen-bond donors (Lipinski definition) is 1. The summed E-state index contributed by atoms with van der Waals surface area (Å²) in [6.45, 7) is 3.45. The molecular weight excluding hydrogens is 308 g/mol. The summed E-state index contributed by atoms with van der Waals surface area (Å²) in [5, 5.41) is 0.406. The van der Waals surface area contributed by atoms with E-state index in [2.05, 4.69) is 6.92 Å². The third-order valence-electron chi connectivity index (χ3n) is 3.42. The molecule has 0 aromatic heterocycles. The van der Waals surface area contributed by atoms with Gasteiger partial charge in [0.05, 0.1) is 5.75 Å². The zero-order valence-corrected chi connectivity index (χ0v) is 13.8. The Bertz CT molecular complexity index is 563. The molecule has 1 aliphatic rings. The molecule has 0 spiro atoms. The standard InChI is InChI=1S/C14H22N2O3S2/c1-2-14-11-16(6-8-20-14)21(17,18)9-7-19-13-5-3-4-12(15)10-13/h3-5,10,14H,2,6-9,11,15H2,1H3. The van der Waals surface area contributed by atoms with Crippen LogP contribution in [0.15, 0.2) is 24.3 Å². The number of nitrogen functional groups attached to an aromatic ring is 1. The van der Waals surface area contributed by atoms with Gasteiger partial charge >= 0.3 is 0 Å². The molecule has 21 heavy (non-hydrogen) atoms. The molecule has 1 aliphatic heterocycles. The molecule has 5 nitrogen and oxygen atoms in total. The first-order chi connectivity index (χ1) is 10.0. The first-order valence-electron chi connectivity index (χ1n) is 7.09. The molecule has 1 saturated heterocycles. The third kappa shape index (κ3) is 4.79. The van der Waals surface area contributed by atoms with Crippen LogP contribution in [0.25, 0.3) is 0 Å². The van der Waals surface area contributed by atoms with Crippen LogP contribution in [0.3, 0.4) is 0 Å². The predicted octanol–water partition coefficient (Wildman–Crippen LogP) is 1.80. The normalized spacial score (nSPS) is 20.3. The SMILES string of the molecule is CCC1CN(S(=O)(=O)CCOc2cccc(N)c2)CCS1. The van der Waals surface area contributed by atoms with E-state index in [-0.39, 0.29) is 12.4 Å². The predicted molar refractivity (Wildman–Crippen MR) is 88.2 cm³/mol. The first-order valence-corrected chi connectivity index (χ1v) is 9.75. The molecule has 2 N–H and O–H groups in total. The minimum Gasteiger partial charge on any atom is -0.492 e. The summed E-state index contributed by atoms with van der Waals surface area (Å²) in [5.74, 6) is 1.47. The number of nitrogens with zero attached hydrogens (tertiary/aromatic N) is 1. The van der Waals surface area contributed by atoms with E-state index < -0.39 is 10.0 Å². The summed E-state index contributed by atoms with van der Waals surface area (Å²) < 4.78 is 31.7. The zero-order chi connectivity index (χ0) is 15.3. The molecule has 2 rings (SSSR count). The second-order valence-electron chi connectivity index (χ2n) is 5.00.